The van der Waals surface area contributed by atoms with E-state index in [0.717, 1.165) is 18.5 Å². The number of urea groups is 1. The van der Waals surface area contributed by atoms with Crippen molar-refractivity contribution in [3.05, 3.63) is 97.0 Å². The normalized spacial score (nSPS) is 15.1. The molecule has 0 radical (unpaired) electrons. The van der Waals surface area contributed by atoms with Gasteiger partial charge < -0.3 is 4.74 Å². The third kappa shape index (κ3) is 5.33. The van der Waals surface area contributed by atoms with Crippen molar-refractivity contribution in [2.24, 2.45) is 0 Å². The van der Waals surface area contributed by atoms with Gasteiger partial charge in [-0.3, -0.25) is 14.9 Å². The summed E-state index contributed by atoms with van der Waals surface area (Å²) in [6.07, 6.45) is 1.47. The summed E-state index contributed by atoms with van der Waals surface area (Å²) in [7, 11) is 0. The molecule has 1 aliphatic rings. The van der Waals surface area contributed by atoms with Gasteiger partial charge in [0, 0.05) is 4.47 Å². The number of anilines is 1. The van der Waals surface area contributed by atoms with Crippen LogP contribution in [-0.2, 0) is 16.2 Å². The number of benzene rings is 3. The van der Waals surface area contributed by atoms with Gasteiger partial charge in [-0.1, -0.05) is 51.8 Å². The molecule has 0 bridgehead atoms. The zero-order valence-electron chi connectivity index (χ0n) is 17.5. The van der Waals surface area contributed by atoms with Crippen molar-refractivity contribution in [3.63, 3.8) is 0 Å². The summed E-state index contributed by atoms with van der Waals surface area (Å²) in [5.74, 6) is -0.710. The number of amides is 4. The molecule has 1 aliphatic heterocycles. The molecule has 0 saturated carbocycles. The van der Waals surface area contributed by atoms with Crippen molar-refractivity contribution in [3.8, 4) is 5.75 Å². The summed E-state index contributed by atoms with van der Waals surface area (Å²) in [4.78, 5) is 38.7. The molecule has 0 spiro atoms. The molecule has 33 heavy (non-hydrogen) atoms. The first-order valence-electron chi connectivity index (χ1n) is 9.97. The third-order valence-electron chi connectivity index (χ3n) is 4.97. The molecule has 3 aromatic carbocycles. The maximum atomic E-state index is 13.0. The summed E-state index contributed by atoms with van der Waals surface area (Å²) in [5, 5.41) is 2.23. The lowest BCUT2D eigenvalue weighted by atomic mass is 10.1. The van der Waals surface area contributed by atoms with Crippen LogP contribution in [0, 0.1) is 10.5 Å². The van der Waals surface area contributed by atoms with Gasteiger partial charge in [-0.2, -0.15) is 0 Å². The fourth-order valence-corrected chi connectivity index (χ4v) is 4.18. The Morgan fingerprint density at radius 1 is 1.00 bits per heavy atom. The molecular formula is C25H18BrIN2O4. The molecule has 0 atom stereocenters. The maximum Gasteiger partial charge on any atom is 0.335 e. The number of aryl methyl sites for hydroxylation is 1. The van der Waals surface area contributed by atoms with Crippen LogP contribution in [0.4, 0.5) is 10.5 Å². The van der Waals surface area contributed by atoms with E-state index in [1.807, 2.05) is 37.3 Å². The van der Waals surface area contributed by atoms with E-state index in [0.29, 0.717) is 23.6 Å². The van der Waals surface area contributed by atoms with E-state index in [1.54, 1.807) is 36.4 Å². The number of nitrogens with zero attached hydrogens (tertiary/aromatic N) is 1. The van der Waals surface area contributed by atoms with Crippen LogP contribution >= 0.6 is 38.5 Å². The highest BCUT2D eigenvalue weighted by Crippen LogP contribution is 2.27. The van der Waals surface area contributed by atoms with Crippen LogP contribution in [0.25, 0.3) is 6.08 Å². The van der Waals surface area contributed by atoms with Gasteiger partial charge in [-0.25, -0.2) is 9.69 Å². The van der Waals surface area contributed by atoms with Crippen LogP contribution in [0.5, 0.6) is 5.75 Å². The topological polar surface area (TPSA) is 75.7 Å². The van der Waals surface area contributed by atoms with Gasteiger partial charge >= 0.3 is 6.03 Å². The summed E-state index contributed by atoms with van der Waals surface area (Å²) < 4.78 is 7.56. The van der Waals surface area contributed by atoms with Gasteiger partial charge in [0.05, 0.1) is 9.26 Å². The zero-order chi connectivity index (χ0) is 23.5. The molecule has 4 amide bonds. The van der Waals surface area contributed by atoms with Crippen LogP contribution in [0.15, 0.2) is 76.8 Å². The number of hydrogen-bond donors (Lipinski definition) is 1. The van der Waals surface area contributed by atoms with E-state index < -0.39 is 17.8 Å². The predicted molar refractivity (Wildman–Crippen MR) is 138 cm³/mol. The van der Waals surface area contributed by atoms with Crippen molar-refractivity contribution < 1.29 is 19.1 Å². The molecule has 0 unspecified atom stereocenters. The summed E-state index contributed by atoms with van der Waals surface area (Å²) >= 11 is 5.47. The van der Waals surface area contributed by atoms with Crippen molar-refractivity contribution in [1.82, 2.24) is 5.32 Å². The highest BCUT2D eigenvalue weighted by molar-refractivity contribution is 14.1. The second-order valence-electron chi connectivity index (χ2n) is 7.40. The molecule has 166 valence electrons. The molecule has 8 heteroatoms. The van der Waals surface area contributed by atoms with Gasteiger partial charge in [0.15, 0.2) is 0 Å². The number of hydrogen-bond acceptors (Lipinski definition) is 4. The van der Waals surface area contributed by atoms with Gasteiger partial charge in [-0.15, -0.1) is 0 Å². The van der Waals surface area contributed by atoms with Crippen LogP contribution in [-0.4, -0.2) is 17.8 Å². The van der Waals surface area contributed by atoms with E-state index in [2.05, 4.69) is 43.8 Å². The molecular weight excluding hydrogens is 599 g/mol. The second kappa shape index (κ2) is 9.88. The van der Waals surface area contributed by atoms with Crippen molar-refractivity contribution in [2.45, 2.75) is 13.5 Å². The Morgan fingerprint density at radius 3 is 2.36 bits per heavy atom. The fraction of sp³-hybridized carbons (Fsp3) is 0.0800. The summed E-state index contributed by atoms with van der Waals surface area (Å²) in [6, 6.07) is 19.4. The van der Waals surface area contributed by atoms with Crippen molar-refractivity contribution >= 4 is 68.1 Å². The van der Waals surface area contributed by atoms with Gasteiger partial charge in [0.2, 0.25) is 0 Å². The third-order valence-corrected chi connectivity index (χ3v) is 6.34. The molecule has 1 heterocycles. The van der Waals surface area contributed by atoms with Crippen LogP contribution in [0.1, 0.15) is 16.7 Å². The van der Waals surface area contributed by atoms with E-state index in [1.165, 1.54) is 11.6 Å². The van der Waals surface area contributed by atoms with Crippen LogP contribution in [0.3, 0.4) is 0 Å². The molecule has 0 aromatic heterocycles. The number of carbonyl (C=O) groups excluding carboxylic acids is 3. The van der Waals surface area contributed by atoms with Gasteiger partial charge in [0.1, 0.15) is 17.9 Å². The molecule has 3 aromatic rings. The van der Waals surface area contributed by atoms with Crippen LogP contribution in [0.2, 0.25) is 0 Å². The molecule has 4 rings (SSSR count). The Bertz CT molecular complexity index is 1270. The first-order chi connectivity index (χ1) is 15.8. The van der Waals surface area contributed by atoms with Crippen molar-refractivity contribution in [1.29, 1.82) is 0 Å². The number of imide groups is 2. The Labute approximate surface area is 212 Å². The minimum absolute atomic E-state index is 0.123. The number of rotatable bonds is 5. The Kier molecular flexibility index (Phi) is 6.94. The molecule has 6 nitrogen and oxygen atoms in total. The number of ether oxygens (including phenoxy) is 1. The van der Waals surface area contributed by atoms with E-state index in [-0.39, 0.29) is 5.57 Å². The summed E-state index contributed by atoms with van der Waals surface area (Å²) in [5.41, 5.74) is 3.14. The SMILES string of the molecule is Cc1ccc(COc2ccc(/C=C3\C(=O)NC(=O)N(c4ccc(Br)cc4)C3=O)cc2I)cc1. The standard InChI is InChI=1S/C25H18BrIN2O4/c1-15-2-4-16(5-3-15)14-33-22-11-6-17(13-21(22)27)12-20-23(30)28-25(32)29(24(20)31)19-9-7-18(26)8-10-19/h2-13H,14H2,1H3,(H,28,30,32)/b20-12+. The lowest BCUT2D eigenvalue weighted by Crippen LogP contribution is -2.54. The first-order valence-corrected chi connectivity index (χ1v) is 11.8. The van der Waals surface area contributed by atoms with Gasteiger partial charge in [0.25, 0.3) is 11.8 Å². The average Bonchev–Trinajstić information content (AvgIpc) is 2.78. The molecule has 0 aliphatic carbocycles. The second-order valence-corrected chi connectivity index (χ2v) is 9.48. The van der Waals surface area contributed by atoms with E-state index in [4.69, 9.17) is 4.74 Å². The number of halogens is 2. The first kappa shape index (κ1) is 23.2. The lowest BCUT2D eigenvalue weighted by molar-refractivity contribution is -0.122. The average molecular weight is 617 g/mol. The molecule has 1 N–H and O–H groups in total. The maximum absolute atomic E-state index is 13.0. The molecule has 1 fully saturated rings. The largest absolute Gasteiger partial charge is 0.488 e. The molecule has 1 saturated heterocycles. The van der Waals surface area contributed by atoms with E-state index >= 15 is 0 Å². The lowest BCUT2D eigenvalue weighted by Gasteiger charge is -2.26. The predicted octanol–water partition coefficient (Wildman–Crippen LogP) is 5.61. The monoisotopic (exact) mass is 616 g/mol. The zero-order valence-corrected chi connectivity index (χ0v) is 21.2. The minimum atomic E-state index is -0.779. The Balaban J connectivity index is 1.55. The van der Waals surface area contributed by atoms with Gasteiger partial charge in [-0.05, 0) is 83.1 Å². The number of carbonyl (C=O) groups is 3. The smallest absolute Gasteiger partial charge is 0.335 e. The highest BCUT2D eigenvalue weighted by atomic mass is 127. The number of barbiturate groups is 1. The van der Waals surface area contributed by atoms with E-state index in [9.17, 15) is 14.4 Å². The Hall–Kier alpha value is -2.98. The van der Waals surface area contributed by atoms with Crippen molar-refractivity contribution in [2.75, 3.05) is 4.90 Å². The highest BCUT2D eigenvalue weighted by Gasteiger charge is 2.36. The Morgan fingerprint density at radius 2 is 1.70 bits per heavy atom. The fourth-order valence-electron chi connectivity index (χ4n) is 3.22. The summed E-state index contributed by atoms with van der Waals surface area (Å²) in [6.45, 7) is 2.47. The number of nitrogens with one attached hydrogen (secondary N) is 1. The van der Waals surface area contributed by atoms with Crippen LogP contribution < -0.4 is 15.0 Å². The quantitative estimate of drug-likeness (QED) is 0.230. The minimum Gasteiger partial charge on any atom is -0.488 e.